The number of benzene rings is 1. The Hall–Kier alpha value is -1.59. The highest BCUT2D eigenvalue weighted by Crippen LogP contribution is 2.40. The third-order valence-corrected chi connectivity index (χ3v) is 4.20. The molecule has 0 heterocycles. The molecule has 1 fully saturated rings. The van der Waals surface area contributed by atoms with Gasteiger partial charge in [-0.05, 0) is 18.4 Å². The summed E-state index contributed by atoms with van der Waals surface area (Å²) in [5, 5.41) is 5.43. The molecule has 122 valence electrons. The van der Waals surface area contributed by atoms with Gasteiger partial charge in [-0.15, -0.1) is 12.4 Å². The van der Waals surface area contributed by atoms with Gasteiger partial charge in [0.2, 0.25) is 11.8 Å². The molecule has 0 radical (unpaired) electrons. The number of carbonyl (C=O) groups is 2. The molecule has 1 aromatic rings. The van der Waals surface area contributed by atoms with Gasteiger partial charge in [0.1, 0.15) is 0 Å². The van der Waals surface area contributed by atoms with Crippen LogP contribution in [0.4, 0.5) is 0 Å². The number of rotatable bonds is 6. The minimum atomic E-state index is -0.316. The van der Waals surface area contributed by atoms with Crippen LogP contribution >= 0.6 is 12.4 Å². The van der Waals surface area contributed by atoms with E-state index in [-0.39, 0.29) is 42.7 Å². The van der Waals surface area contributed by atoms with E-state index in [1.165, 1.54) is 18.4 Å². The molecule has 1 saturated carbocycles. The topological polar surface area (TPSA) is 84.2 Å². The van der Waals surface area contributed by atoms with Gasteiger partial charge in [0.15, 0.2) is 0 Å². The highest BCUT2D eigenvalue weighted by Gasteiger charge is 2.35. The van der Waals surface area contributed by atoms with Crippen LogP contribution in [-0.4, -0.2) is 31.4 Å². The van der Waals surface area contributed by atoms with Crippen molar-refractivity contribution in [2.24, 2.45) is 5.73 Å². The molecule has 6 heteroatoms. The Morgan fingerprint density at radius 3 is 2.27 bits per heavy atom. The zero-order valence-electron chi connectivity index (χ0n) is 12.6. The molecule has 5 nitrogen and oxygen atoms in total. The summed E-state index contributed by atoms with van der Waals surface area (Å²) in [5.74, 6) is -0.484. The largest absolute Gasteiger partial charge is 0.354 e. The highest BCUT2D eigenvalue weighted by atomic mass is 35.5. The molecule has 2 rings (SSSR count). The molecule has 0 bridgehead atoms. The van der Waals surface area contributed by atoms with Gasteiger partial charge < -0.3 is 16.4 Å². The fourth-order valence-corrected chi connectivity index (χ4v) is 2.99. The molecule has 4 N–H and O–H groups in total. The maximum atomic E-state index is 11.8. The van der Waals surface area contributed by atoms with Crippen LogP contribution < -0.4 is 16.4 Å². The molecule has 0 aromatic heterocycles. The van der Waals surface area contributed by atoms with E-state index in [0.717, 1.165) is 12.8 Å². The molecule has 22 heavy (non-hydrogen) atoms. The summed E-state index contributed by atoms with van der Waals surface area (Å²) < 4.78 is 0. The number of amides is 2. The van der Waals surface area contributed by atoms with E-state index in [1.807, 2.05) is 18.2 Å². The molecule has 1 aliphatic carbocycles. The number of nitrogens with two attached hydrogens (primary N) is 1. The lowest BCUT2D eigenvalue weighted by molar-refractivity contribution is -0.125. The van der Waals surface area contributed by atoms with Gasteiger partial charge >= 0.3 is 0 Å². The van der Waals surface area contributed by atoms with E-state index in [0.29, 0.717) is 6.54 Å². The second-order valence-electron chi connectivity index (χ2n) is 5.61. The Morgan fingerprint density at radius 2 is 1.68 bits per heavy atom. The molecule has 0 spiro atoms. The smallest absolute Gasteiger partial charge is 0.239 e. The fourth-order valence-electron chi connectivity index (χ4n) is 2.99. The summed E-state index contributed by atoms with van der Waals surface area (Å²) in [4.78, 5) is 22.9. The maximum absolute atomic E-state index is 11.8. The number of carbonyl (C=O) groups excluding carboxylic acids is 2. The van der Waals surface area contributed by atoms with Crippen LogP contribution in [0, 0.1) is 0 Å². The van der Waals surface area contributed by atoms with Crippen LogP contribution in [0.5, 0.6) is 0 Å². The highest BCUT2D eigenvalue weighted by molar-refractivity contribution is 5.85. The van der Waals surface area contributed by atoms with Gasteiger partial charge in [0.25, 0.3) is 0 Å². The maximum Gasteiger partial charge on any atom is 0.239 e. The first-order valence-corrected chi connectivity index (χ1v) is 7.45. The third kappa shape index (κ3) is 4.71. The second kappa shape index (κ2) is 8.76. The van der Waals surface area contributed by atoms with Crippen LogP contribution in [-0.2, 0) is 15.0 Å². The van der Waals surface area contributed by atoms with Gasteiger partial charge in [-0.3, -0.25) is 9.59 Å². The molecular weight excluding hydrogens is 302 g/mol. The predicted octanol–water partition coefficient (Wildman–Crippen LogP) is 1.11. The van der Waals surface area contributed by atoms with Crippen LogP contribution in [0.2, 0.25) is 0 Å². The van der Waals surface area contributed by atoms with Crippen molar-refractivity contribution in [2.45, 2.75) is 31.1 Å². The molecule has 0 unspecified atom stereocenters. The van der Waals surface area contributed by atoms with Gasteiger partial charge in [0.05, 0.1) is 13.1 Å². The lowest BCUT2D eigenvalue weighted by Gasteiger charge is -2.30. The van der Waals surface area contributed by atoms with Crippen LogP contribution in [0.15, 0.2) is 30.3 Å². The summed E-state index contributed by atoms with van der Waals surface area (Å²) in [6.07, 6.45) is 4.56. The lowest BCUT2D eigenvalue weighted by atomic mass is 9.79. The molecule has 1 aromatic carbocycles. The van der Waals surface area contributed by atoms with Crippen molar-refractivity contribution in [3.63, 3.8) is 0 Å². The molecule has 2 amide bonds. The quantitative estimate of drug-likeness (QED) is 0.732. The van der Waals surface area contributed by atoms with Crippen molar-refractivity contribution < 1.29 is 9.59 Å². The van der Waals surface area contributed by atoms with Crippen LogP contribution in [0.3, 0.4) is 0 Å². The predicted molar refractivity (Wildman–Crippen MR) is 88.9 cm³/mol. The number of halogens is 1. The van der Waals surface area contributed by atoms with Gasteiger partial charge in [-0.1, -0.05) is 43.2 Å². The standard InChI is InChI=1S/C16H23N3O2.ClH/c17-10-14(20)18-11-15(21)19-12-16(8-4-5-9-16)13-6-2-1-3-7-13;/h1-3,6-7H,4-5,8-12,17H2,(H,18,20)(H,19,21);1H. The normalized spacial score (nSPS) is 15.7. The Morgan fingerprint density at radius 1 is 1.05 bits per heavy atom. The van der Waals surface area contributed by atoms with Crippen molar-refractivity contribution in [1.29, 1.82) is 0 Å². The molecular formula is C16H24ClN3O2. The molecule has 0 atom stereocenters. The van der Waals surface area contributed by atoms with Crippen molar-refractivity contribution in [3.05, 3.63) is 35.9 Å². The van der Waals surface area contributed by atoms with Crippen molar-refractivity contribution in [2.75, 3.05) is 19.6 Å². The third-order valence-electron chi connectivity index (χ3n) is 4.20. The Bertz CT molecular complexity index is 487. The zero-order valence-corrected chi connectivity index (χ0v) is 13.5. The van der Waals surface area contributed by atoms with Crippen molar-refractivity contribution in [1.82, 2.24) is 10.6 Å². The van der Waals surface area contributed by atoms with E-state index in [9.17, 15) is 9.59 Å². The lowest BCUT2D eigenvalue weighted by Crippen LogP contribution is -2.44. The molecule has 1 aliphatic rings. The average molecular weight is 326 g/mol. The number of nitrogens with one attached hydrogen (secondary N) is 2. The summed E-state index contributed by atoms with van der Waals surface area (Å²) in [5.41, 5.74) is 6.51. The Labute approximate surface area is 137 Å². The number of hydrogen-bond acceptors (Lipinski definition) is 3. The van der Waals surface area contributed by atoms with Crippen LogP contribution in [0.1, 0.15) is 31.2 Å². The zero-order chi connectivity index (χ0) is 15.1. The van der Waals surface area contributed by atoms with Crippen molar-refractivity contribution in [3.8, 4) is 0 Å². The average Bonchev–Trinajstić information content (AvgIpc) is 3.01. The SMILES string of the molecule is Cl.NCC(=O)NCC(=O)NCC1(c2ccccc2)CCCC1. The summed E-state index contributed by atoms with van der Waals surface area (Å²) in [6.45, 7) is 0.510. The minimum Gasteiger partial charge on any atom is -0.354 e. The minimum absolute atomic E-state index is 0. The summed E-state index contributed by atoms with van der Waals surface area (Å²) >= 11 is 0. The monoisotopic (exact) mass is 325 g/mol. The molecule has 0 aliphatic heterocycles. The van der Waals surface area contributed by atoms with Gasteiger partial charge in [-0.25, -0.2) is 0 Å². The van der Waals surface area contributed by atoms with Gasteiger partial charge in [0, 0.05) is 12.0 Å². The second-order valence-corrected chi connectivity index (χ2v) is 5.61. The molecule has 0 saturated heterocycles. The number of hydrogen-bond donors (Lipinski definition) is 3. The Kier molecular flexibility index (Phi) is 7.35. The first kappa shape index (κ1) is 18.5. The van der Waals surface area contributed by atoms with E-state index in [4.69, 9.17) is 5.73 Å². The van der Waals surface area contributed by atoms with Crippen LogP contribution in [0.25, 0.3) is 0 Å². The fraction of sp³-hybridized carbons (Fsp3) is 0.500. The first-order chi connectivity index (χ1) is 10.2. The van der Waals surface area contributed by atoms with E-state index in [1.54, 1.807) is 0 Å². The summed E-state index contributed by atoms with van der Waals surface area (Å²) in [6, 6.07) is 10.4. The van der Waals surface area contributed by atoms with Crippen molar-refractivity contribution >= 4 is 24.2 Å². The Balaban J connectivity index is 0.00000242. The van der Waals surface area contributed by atoms with E-state index in [2.05, 4.69) is 22.8 Å². The summed E-state index contributed by atoms with van der Waals surface area (Å²) in [7, 11) is 0. The van der Waals surface area contributed by atoms with E-state index < -0.39 is 0 Å². The van der Waals surface area contributed by atoms with Gasteiger partial charge in [-0.2, -0.15) is 0 Å². The van der Waals surface area contributed by atoms with E-state index >= 15 is 0 Å². The first-order valence-electron chi connectivity index (χ1n) is 7.45.